The minimum atomic E-state index is -3.65. The Kier molecular flexibility index (Phi) is 5.93. The van der Waals surface area contributed by atoms with Gasteiger partial charge in [0.25, 0.3) is 0 Å². The van der Waals surface area contributed by atoms with Crippen LogP contribution >= 0.6 is 0 Å². The van der Waals surface area contributed by atoms with Crippen LogP contribution in [0.5, 0.6) is 0 Å². The molecule has 19 heavy (non-hydrogen) atoms. The fourth-order valence-electron chi connectivity index (χ4n) is 1.75. The van der Waals surface area contributed by atoms with Crippen LogP contribution in [-0.2, 0) is 10.0 Å². The molecular weight excluding hydrogens is 266 g/mol. The van der Waals surface area contributed by atoms with E-state index < -0.39 is 10.0 Å². The third-order valence-corrected chi connectivity index (χ3v) is 4.80. The van der Waals surface area contributed by atoms with E-state index in [-0.39, 0.29) is 31.2 Å². The summed E-state index contributed by atoms with van der Waals surface area (Å²) in [5.74, 6) is 0.336. The van der Waals surface area contributed by atoms with Crippen molar-refractivity contribution in [3.05, 3.63) is 29.8 Å². The summed E-state index contributed by atoms with van der Waals surface area (Å²) in [4.78, 5) is 0.179. The number of hydrogen-bond donors (Lipinski definition) is 2. The van der Waals surface area contributed by atoms with Crippen LogP contribution in [0.3, 0.4) is 0 Å². The van der Waals surface area contributed by atoms with Gasteiger partial charge in [0.2, 0.25) is 10.0 Å². The first-order valence-electron chi connectivity index (χ1n) is 6.25. The maximum atomic E-state index is 12.3. The molecule has 0 fully saturated rings. The average molecular weight is 287 g/mol. The van der Waals surface area contributed by atoms with Crippen molar-refractivity contribution in [2.24, 2.45) is 0 Å². The van der Waals surface area contributed by atoms with Gasteiger partial charge in [-0.15, -0.1) is 0 Å². The van der Waals surface area contributed by atoms with Gasteiger partial charge in [-0.05, 0) is 23.6 Å². The van der Waals surface area contributed by atoms with Crippen LogP contribution in [0.4, 0.5) is 0 Å². The molecule has 0 aliphatic carbocycles. The van der Waals surface area contributed by atoms with E-state index >= 15 is 0 Å². The lowest BCUT2D eigenvalue weighted by Crippen LogP contribution is -2.35. The van der Waals surface area contributed by atoms with Crippen LogP contribution in [0.15, 0.2) is 29.2 Å². The summed E-state index contributed by atoms with van der Waals surface area (Å²) in [5.41, 5.74) is 1.06. The number of sulfonamides is 1. The second-order valence-electron chi connectivity index (χ2n) is 4.58. The van der Waals surface area contributed by atoms with E-state index in [9.17, 15) is 8.42 Å². The Morgan fingerprint density at radius 2 is 1.53 bits per heavy atom. The maximum Gasteiger partial charge on any atom is 0.243 e. The minimum absolute atomic E-state index is 0.0190. The molecule has 1 aromatic rings. The molecule has 6 heteroatoms. The summed E-state index contributed by atoms with van der Waals surface area (Å²) in [6, 6.07) is 6.69. The Morgan fingerprint density at radius 3 is 1.89 bits per heavy atom. The van der Waals surface area contributed by atoms with Crippen molar-refractivity contribution in [2.45, 2.75) is 24.7 Å². The molecule has 0 spiro atoms. The minimum Gasteiger partial charge on any atom is -0.395 e. The highest BCUT2D eigenvalue weighted by Gasteiger charge is 2.23. The highest BCUT2D eigenvalue weighted by molar-refractivity contribution is 7.89. The molecule has 0 aliphatic rings. The predicted octanol–water partition coefficient (Wildman–Crippen LogP) is 0.785. The van der Waals surface area contributed by atoms with E-state index in [1.165, 1.54) is 0 Å². The molecular formula is C13H21NO4S. The molecule has 2 N–H and O–H groups in total. The fraction of sp³-hybridized carbons (Fsp3) is 0.538. The highest BCUT2D eigenvalue weighted by atomic mass is 32.2. The van der Waals surface area contributed by atoms with Gasteiger partial charge >= 0.3 is 0 Å². The van der Waals surface area contributed by atoms with Crippen molar-refractivity contribution in [1.82, 2.24) is 4.31 Å². The zero-order valence-corrected chi connectivity index (χ0v) is 12.1. The first-order valence-corrected chi connectivity index (χ1v) is 7.69. The van der Waals surface area contributed by atoms with E-state index in [1.807, 2.05) is 13.8 Å². The Balaban J connectivity index is 3.03. The average Bonchev–Trinajstić information content (AvgIpc) is 2.38. The lowest BCUT2D eigenvalue weighted by Gasteiger charge is -2.20. The Hall–Kier alpha value is -0.950. The summed E-state index contributed by atoms with van der Waals surface area (Å²) >= 11 is 0. The number of aliphatic hydroxyl groups excluding tert-OH is 2. The first-order chi connectivity index (χ1) is 8.93. The zero-order chi connectivity index (χ0) is 14.5. The van der Waals surface area contributed by atoms with Gasteiger partial charge in [-0.1, -0.05) is 26.0 Å². The molecule has 1 aromatic carbocycles. The quantitative estimate of drug-likeness (QED) is 0.777. The molecule has 0 saturated carbocycles. The van der Waals surface area contributed by atoms with Crippen molar-refractivity contribution in [3.63, 3.8) is 0 Å². The zero-order valence-electron chi connectivity index (χ0n) is 11.3. The normalized spacial score (nSPS) is 12.3. The van der Waals surface area contributed by atoms with E-state index in [0.717, 1.165) is 9.87 Å². The van der Waals surface area contributed by atoms with Crippen LogP contribution in [0.25, 0.3) is 0 Å². The molecule has 1 rings (SSSR count). The third-order valence-electron chi connectivity index (χ3n) is 2.88. The van der Waals surface area contributed by atoms with E-state index in [0.29, 0.717) is 5.92 Å². The monoisotopic (exact) mass is 287 g/mol. The van der Waals surface area contributed by atoms with E-state index in [2.05, 4.69) is 0 Å². The Morgan fingerprint density at radius 1 is 1.05 bits per heavy atom. The lowest BCUT2D eigenvalue weighted by atomic mass is 10.0. The number of benzene rings is 1. The number of nitrogens with zero attached hydrogens (tertiary/aromatic N) is 1. The van der Waals surface area contributed by atoms with Gasteiger partial charge in [0.1, 0.15) is 0 Å². The molecule has 0 heterocycles. The molecule has 0 unspecified atom stereocenters. The van der Waals surface area contributed by atoms with Gasteiger partial charge in [-0.3, -0.25) is 0 Å². The summed E-state index contributed by atoms with van der Waals surface area (Å²) in [7, 11) is -3.65. The van der Waals surface area contributed by atoms with Gasteiger partial charge < -0.3 is 10.2 Å². The SMILES string of the molecule is CC(C)c1ccc(S(=O)(=O)N(CCO)CCO)cc1. The molecule has 0 saturated heterocycles. The van der Waals surface area contributed by atoms with Gasteiger partial charge in [0.05, 0.1) is 18.1 Å². The van der Waals surface area contributed by atoms with Crippen molar-refractivity contribution >= 4 is 10.0 Å². The molecule has 0 amide bonds. The van der Waals surface area contributed by atoms with Crippen LogP contribution in [-0.4, -0.2) is 49.2 Å². The van der Waals surface area contributed by atoms with Gasteiger partial charge in [0, 0.05) is 13.1 Å². The molecule has 0 bridgehead atoms. The second-order valence-corrected chi connectivity index (χ2v) is 6.51. The van der Waals surface area contributed by atoms with Gasteiger partial charge in [-0.2, -0.15) is 4.31 Å². The molecule has 0 aliphatic heterocycles. The van der Waals surface area contributed by atoms with Crippen LogP contribution in [0, 0.1) is 0 Å². The summed E-state index contributed by atoms with van der Waals surface area (Å²) in [6.07, 6.45) is 0. The van der Waals surface area contributed by atoms with E-state index in [4.69, 9.17) is 10.2 Å². The number of aliphatic hydroxyl groups is 2. The fourth-order valence-corrected chi connectivity index (χ4v) is 3.17. The molecule has 5 nitrogen and oxygen atoms in total. The molecule has 108 valence electrons. The summed E-state index contributed by atoms with van der Waals surface area (Å²) < 4.78 is 25.7. The summed E-state index contributed by atoms with van der Waals surface area (Å²) in [6.45, 7) is 3.48. The van der Waals surface area contributed by atoms with Crippen LogP contribution in [0.2, 0.25) is 0 Å². The third kappa shape index (κ3) is 4.01. The van der Waals surface area contributed by atoms with Crippen LogP contribution in [0.1, 0.15) is 25.3 Å². The standard InChI is InChI=1S/C13H21NO4S/c1-11(2)12-3-5-13(6-4-12)19(17,18)14(7-9-15)8-10-16/h3-6,11,15-16H,7-10H2,1-2H3. The molecule has 0 atom stereocenters. The Bertz CT molecular complexity index is 476. The van der Waals surface area contributed by atoms with Crippen molar-refractivity contribution in [2.75, 3.05) is 26.3 Å². The van der Waals surface area contributed by atoms with Crippen molar-refractivity contribution in [3.8, 4) is 0 Å². The smallest absolute Gasteiger partial charge is 0.243 e. The van der Waals surface area contributed by atoms with Gasteiger partial charge in [0.15, 0.2) is 0 Å². The number of rotatable bonds is 7. The van der Waals surface area contributed by atoms with Gasteiger partial charge in [-0.25, -0.2) is 8.42 Å². The molecule has 0 aromatic heterocycles. The predicted molar refractivity (Wildman–Crippen MR) is 73.5 cm³/mol. The van der Waals surface area contributed by atoms with Crippen molar-refractivity contribution in [1.29, 1.82) is 0 Å². The number of hydrogen-bond acceptors (Lipinski definition) is 4. The topological polar surface area (TPSA) is 77.8 Å². The first kappa shape index (κ1) is 16.1. The largest absolute Gasteiger partial charge is 0.395 e. The van der Waals surface area contributed by atoms with Crippen molar-refractivity contribution < 1.29 is 18.6 Å². The summed E-state index contributed by atoms with van der Waals surface area (Å²) in [5, 5.41) is 17.8. The lowest BCUT2D eigenvalue weighted by molar-refractivity contribution is 0.217. The Labute approximate surface area is 114 Å². The maximum absolute atomic E-state index is 12.3. The van der Waals surface area contributed by atoms with E-state index in [1.54, 1.807) is 24.3 Å². The van der Waals surface area contributed by atoms with Crippen LogP contribution < -0.4 is 0 Å². The second kappa shape index (κ2) is 7.00. The molecule has 0 radical (unpaired) electrons. The highest BCUT2D eigenvalue weighted by Crippen LogP contribution is 2.19.